The summed E-state index contributed by atoms with van der Waals surface area (Å²) in [5.41, 5.74) is 0. The summed E-state index contributed by atoms with van der Waals surface area (Å²) in [6.45, 7) is 6.66. The third-order valence-electron chi connectivity index (χ3n) is 4.82. The van der Waals surface area contributed by atoms with Crippen molar-refractivity contribution in [2.24, 2.45) is 0 Å². The molecule has 0 unspecified atom stereocenters. The maximum absolute atomic E-state index is 12.8. The van der Waals surface area contributed by atoms with Crippen LogP contribution < -0.4 is 3.84 Å². The molecule has 0 saturated carbocycles. The fraction of sp³-hybridized carbons (Fsp3) is 0.824. The van der Waals surface area contributed by atoms with Gasteiger partial charge in [-0.2, -0.15) is 0 Å². The van der Waals surface area contributed by atoms with Crippen LogP contribution in [0, 0.1) is 0 Å². The molecule has 0 saturated heterocycles. The van der Waals surface area contributed by atoms with Gasteiger partial charge in [0.1, 0.15) is 0 Å². The van der Waals surface area contributed by atoms with E-state index >= 15 is 0 Å². The van der Waals surface area contributed by atoms with Gasteiger partial charge in [0.2, 0.25) is 0 Å². The molecule has 5 nitrogen and oxygen atoms in total. The molecule has 0 bridgehead atoms. The van der Waals surface area contributed by atoms with E-state index in [1.165, 1.54) is 40.9 Å². The van der Waals surface area contributed by atoms with Gasteiger partial charge < -0.3 is 0 Å². The van der Waals surface area contributed by atoms with E-state index in [9.17, 15) is 8.42 Å². The molecule has 0 N–H and O–H groups in total. The first kappa shape index (κ1) is 22.0. The Hall–Kier alpha value is -0.0813. The Labute approximate surface area is 152 Å². The summed E-state index contributed by atoms with van der Waals surface area (Å²) in [5.74, 6) is 0. The van der Waals surface area contributed by atoms with Crippen molar-refractivity contribution in [3.8, 4) is 0 Å². The van der Waals surface area contributed by atoms with Crippen LogP contribution >= 0.6 is 0 Å². The third kappa shape index (κ3) is 5.21. The van der Waals surface area contributed by atoms with Crippen LogP contribution in [0.2, 0.25) is 13.3 Å². The van der Waals surface area contributed by atoms with Gasteiger partial charge in [-0.15, -0.1) is 0 Å². The second-order valence-corrected chi connectivity index (χ2v) is 21.8. The van der Waals surface area contributed by atoms with Crippen molar-refractivity contribution >= 4 is 32.4 Å². The van der Waals surface area contributed by atoms with E-state index in [1.807, 2.05) is 0 Å². The van der Waals surface area contributed by atoms with Gasteiger partial charge >= 0.3 is 153 Å². The predicted octanol–water partition coefficient (Wildman–Crippen LogP) is 3.59. The minimum absolute atomic E-state index is 0.938. The number of hydrogen-bond acceptors (Lipinski definition) is 3. The quantitative estimate of drug-likeness (QED) is 0.445. The summed E-state index contributed by atoms with van der Waals surface area (Å²) in [4.78, 5) is 4.65. The number of nitrogens with zero attached hydrogens (tertiary/aromatic N) is 3. The average Bonchev–Trinajstić information content (AvgIpc) is 3.05. The molecule has 0 spiro atoms. The van der Waals surface area contributed by atoms with Crippen LogP contribution in [-0.4, -0.2) is 54.2 Å². The monoisotopic (exact) mass is 465 g/mol. The Bertz CT molecular complexity index is 563. The van der Waals surface area contributed by atoms with Crippen molar-refractivity contribution < 1.29 is 8.42 Å². The Morgan fingerprint density at radius 2 is 1.46 bits per heavy atom. The van der Waals surface area contributed by atoms with Crippen molar-refractivity contribution in [2.45, 2.75) is 72.6 Å². The van der Waals surface area contributed by atoms with Gasteiger partial charge in [0, 0.05) is 0 Å². The van der Waals surface area contributed by atoms with Crippen molar-refractivity contribution in [3.05, 3.63) is 12.4 Å². The SMILES string of the molecule is CCC[CH2][Sn]([CH2]CCC)([CH2]CCC)[c]1nccn1S(=O)(=O)N(C)C. The fourth-order valence-corrected chi connectivity index (χ4v) is 21.8. The summed E-state index contributed by atoms with van der Waals surface area (Å²) < 4.78 is 32.9. The van der Waals surface area contributed by atoms with E-state index < -0.39 is 28.6 Å². The molecule has 0 radical (unpaired) electrons. The first-order valence-corrected chi connectivity index (χ1v) is 18.2. The van der Waals surface area contributed by atoms with E-state index in [2.05, 4.69) is 25.8 Å². The topological polar surface area (TPSA) is 55.2 Å². The van der Waals surface area contributed by atoms with Crippen LogP contribution in [0.3, 0.4) is 0 Å². The number of hydrogen-bond donors (Lipinski definition) is 0. The molecular formula is C17H35N3O2SSn. The number of unbranched alkanes of at least 4 members (excludes halogenated alkanes) is 3. The number of aromatic nitrogens is 2. The van der Waals surface area contributed by atoms with Gasteiger partial charge in [-0.3, -0.25) is 0 Å². The molecule has 0 fully saturated rings. The van der Waals surface area contributed by atoms with E-state index in [-0.39, 0.29) is 0 Å². The molecular weight excluding hydrogens is 429 g/mol. The van der Waals surface area contributed by atoms with Crippen molar-refractivity contribution in [1.82, 2.24) is 13.3 Å². The van der Waals surface area contributed by atoms with Crippen molar-refractivity contribution in [1.29, 1.82) is 0 Å². The van der Waals surface area contributed by atoms with Crippen LogP contribution in [0.4, 0.5) is 0 Å². The number of imidazole rings is 1. The van der Waals surface area contributed by atoms with Gasteiger partial charge in [0.15, 0.2) is 0 Å². The molecule has 7 heteroatoms. The molecule has 24 heavy (non-hydrogen) atoms. The molecule has 1 aromatic heterocycles. The summed E-state index contributed by atoms with van der Waals surface area (Å²) in [5, 5.41) is 0. The van der Waals surface area contributed by atoms with E-state index in [0.29, 0.717) is 0 Å². The third-order valence-corrected chi connectivity index (χ3v) is 22.0. The van der Waals surface area contributed by atoms with E-state index in [1.54, 1.807) is 26.5 Å². The average molecular weight is 464 g/mol. The first-order valence-electron chi connectivity index (χ1n) is 9.32. The normalized spacial score (nSPS) is 12.9. The zero-order valence-electron chi connectivity index (χ0n) is 16.1. The summed E-state index contributed by atoms with van der Waals surface area (Å²) in [7, 11) is -0.287. The van der Waals surface area contributed by atoms with Crippen LogP contribution in [-0.2, 0) is 10.2 Å². The molecule has 0 aliphatic rings. The zero-order chi connectivity index (χ0) is 18.2. The second-order valence-electron chi connectivity index (χ2n) is 6.93. The summed E-state index contributed by atoms with van der Waals surface area (Å²) in [6.07, 6.45) is 10.4. The van der Waals surface area contributed by atoms with E-state index in [0.717, 1.165) is 23.1 Å². The molecule has 0 atom stereocenters. The Balaban J connectivity index is 3.39. The maximum atomic E-state index is 12.8. The van der Waals surface area contributed by atoms with Gasteiger partial charge in [-0.05, 0) is 0 Å². The molecule has 1 rings (SSSR count). The van der Waals surface area contributed by atoms with Crippen LogP contribution in [0.1, 0.15) is 59.3 Å². The summed E-state index contributed by atoms with van der Waals surface area (Å²) >= 11 is -2.85. The zero-order valence-corrected chi connectivity index (χ0v) is 19.8. The molecule has 0 aliphatic heterocycles. The Morgan fingerprint density at radius 3 is 1.83 bits per heavy atom. The Kier molecular flexibility index (Phi) is 9.30. The van der Waals surface area contributed by atoms with Gasteiger partial charge in [0.05, 0.1) is 0 Å². The second kappa shape index (κ2) is 10.2. The minimum atomic E-state index is -3.48. The van der Waals surface area contributed by atoms with Crippen LogP contribution in [0.25, 0.3) is 0 Å². The Morgan fingerprint density at radius 1 is 1.00 bits per heavy atom. The molecule has 140 valence electrons. The van der Waals surface area contributed by atoms with Crippen molar-refractivity contribution in [3.63, 3.8) is 0 Å². The van der Waals surface area contributed by atoms with Crippen molar-refractivity contribution in [2.75, 3.05) is 14.1 Å². The fourth-order valence-electron chi connectivity index (χ4n) is 3.28. The predicted molar refractivity (Wildman–Crippen MR) is 105 cm³/mol. The van der Waals surface area contributed by atoms with Gasteiger partial charge in [-0.25, -0.2) is 0 Å². The van der Waals surface area contributed by atoms with Gasteiger partial charge in [0.25, 0.3) is 0 Å². The van der Waals surface area contributed by atoms with Crippen LogP contribution in [0.5, 0.6) is 0 Å². The molecule has 0 aliphatic carbocycles. The summed E-state index contributed by atoms with van der Waals surface area (Å²) in [6, 6.07) is 0. The van der Waals surface area contributed by atoms with Crippen LogP contribution in [0.15, 0.2) is 12.4 Å². The first-order chi connectivity index (χ1) is 11.4. The molecule has 1 aromatic rings. The molecule has 0 amide bonds. The number of rotatable bonds is 12. The standard InChI is InChI=1S/C5H8N3O2S.3C4H9.Sn/c1-7(2)11(9,10)8-4-3-6-5-8;3*1-3-4-2;/h3-4H,1-2H3;3*1,3-4H2,2H3;. The van der Waals surface area contributed by atoms with Gasteiger partial charge in [-0.1, -0.05) is 0 Å². The molecule has 0 aromatic carbocycles. The van der Waals surface area contributed by atoms with E-state index in [4.69, 9.17) is 0 Å². The molecule has 1 heterocycles.